The first-order valence-electron chi connectivity index (χ1n) is 38.8. The van der Waals surface area contributed by atoms with E-state index < -0.39 is 231 Å². The van der Waals surface area contributed by atoms with E-state index in [1.165, 1.54) is 21.3 Å². The van der Waals surface area contributed by atoms with Crippen molar-refractivity contribution >= 4 is 81.5 Å². The minimum Gasteiger partial charge on any atom is -0.467 e. The molecule has 0 aromatic carbocycles. The van der Waals surface area contributed by atoms with Gasteiger partial charge in [-0.2, -0.15) is 53.9 Å². The number of carbonyl (C=O) groups is 3. The number of carbonyl (C=O) groups excluding carboxylic acids is 3. The summed E-state index contributed by atoms with van der Waals surface area (Å²) in [6, 6.07) is 0. The lowest BCUT2D eigenvalue weighted by atomic mass is 9.94. The second-order valence-electron chi connectivity index (χ2n) is 27.8. The number of methoxy groups -OCH3 is 11. The predicted octanol–water partition coefficient (Wildman–Crippen LogP) is -3.08. The molecule has 0 aromatic rings. The van der Waals surface area contributed by atoms with Gasteiger partial charge in [0.15, 0.2) is 61.6 Å². The van der Waals surface area contributed by atoms with Crippen molar-refractivity contribution < 1.29 is 231 Å². The number of thioether (sulfide) groups is 1. The van der Waals surface area contributed by atoms with Crippen molar-refractivity contribution in [2.24, 2.45) is 0 Å². The lowest BCUT2D eigenvalue weighted by Gasteiger charge is -2.51. The molecule has 5 aliphatic rings. The van der Waals surface area contributed by atoms with Gasteiger partial charge in [-0.15, -0.1) is 0 Å². The number of rotatable bonds is 65. The Morgan fingerprint density at radius 2 is 0.627 bits per heavy atom. The number of esters is 2. The summed E-state index contributed by atoms with van der Waals surface area (Å²) < 4.78 is 348. The Morgan fingerprint density at radius 1 is 0.310 bits per heavy atom. The third-order valence-corrected chi connectivity index (χ3v) is 24.4. The molecule has 5 rings (SSSR count). The Hall–Kier alpha value is -2.73. The van der Waals surface area contributed by atoms with E-state index in [1.54, 1.807) is 0 Å². The molecule has 25 atom stereocenters. The predicted molar refractivity (Wildman–Crippen MR) is 419 cm³/mol. The third-order valence-electron chi connectivity index (χ3n) is 18.9. The average molecular weight is 1960 g/mol. The van der Waals surface area contributed by atoms with Gasteiger partial charge in [0, 0.05) is 87.5 Å². The number of Topliss-reactive ketones (excluding diaryl/α,β-unsaturated/α-hetero) is 1. The van der Waals surface area contributed by atoms with Crippen LogP contribution in [0.4, 0.5) is 0 Å². The maximum atomic E-state index is 14.4. The molecule has 0 aromatic heterocycles. The molecule has 0 N–H and O–H groups in total. The first-order valence-corrected chi connectivity index (χ1v) is 46.5. The van der Waals surface area contributed by atoms with Crippen LogP contribution < -0.4 is 0 Å². The van der Waals surface area contributed by atoms with Crippen LogP contribution in [0.25, 0.3) is 0 Å². The van der Waals surface area contributed by atoms with Gasteiger partial charge in [-0.05, 0) is 6.42 Å². The first-order chi connectivity index (χ1) is 59.9. The first kappa shape index (κ1) is 114. The Morgan fingerprint density at radius 3 is 1.02 bits per heavy atom. The summed E-state index contributed by atoms with van der Waals surface area (Å²) in [4.78, 5) is 41.0. The average Bonchev–Trinajstić information content (AvgIpc) is 0.750. The van der Waals surface area contributed by atoms with Crippen molar-refractivity contribution in [3.8, 4) is 0 Å². The number of hydrogen-bond donors (Lipinski definition) is 0. The standard InChI is InChI=1S/C69H124O51S6/c1-69(2,3)121-36-35-104-30-29-101-25-26-102-31-32-105-37-41(70)21-20-22-99-23-24-100-27-28-103-33-34-106-45-43(39-107-122(73,74)94-15)110-65(57(88-9)48(45)84-5)114-52-50(86-7)59(90-11)67(117-55(52)62(71)91-12)113-47-44(40-108-123(75,76)95-16)111-68(61(120-126(81,82)98-19)54(47)118-124(77,78)96-17)115-53-51(87-8)58(89-10)66(116-56(53)63(72)92-13)112-46-42(38-83-4)109-64(93-14)60(49(46)85-6)119-125(79,80)97-18/h42-61,64-68H,20-40H2,1-19H3/t42-,43-,44-,45?,46-,47?,48+,49+,50+,51+,52+,53+,54+,55+,56-,57-,58-,59-,60-,61-,64+,65-,66-,67-,68-/m1/s1. The highest BCUT2D eigenvalue weighted by Gasteiger charge is 2.63. The van der Waals surface area contributed by atoms with E-state index in [-0.39, 0.29) is 76.4 Å². The number of ketones is 1. The van der Waals surface area contributed by atoms with Crippen LogP contribution in [0.3, 0.4) is 0 Å². The van der Waals surface area contributed by atoms with E-state index in [2.05, 4.69) is 41.7 Å². The fourth-order valence-electron chi connectivity index (χ4n) is 13.0. The van der Waals surface area contributed by atoms with Crippen molar-refractivity contribution in [3.63, 3.8) is 0 Å². The molecule has 0 radical (unpaired) electrons. The molecule has 0 amide bonds. The van der Waals surface area contributed by atoms with Crippen LogP contribution in [0.5, 0.6) is 0 Å². The van der Waals surface area contributed by atoms with Crippen LogP contribution in [0, 0.1) is 0 Å². The highest BCUT2D eigenvalue weighted by Crippen LogP contribution is 2.42. The molecular weight excluding hydrogens is 1840 g/mol. The van der Waals surface area contributed by atoms with Crippen molar-refractivity contribution in [1.29, 1.82) is 0 Å². The molecule has 0 bridgehead atoms. The quantitative estimate of drug-likeness (QED) is 0.0430. The maximum absolute atomic E-state index is 14.4. The van der Waals surface area contributed by atoms with Crippen LogP contribution >= 0.6 is 11.8 Å². The molecule has 51 nitrogen and oxygen atoms in total. The molecule has 57 heteroatoms. The second kappa shape index (κ2) is 57.2. The smallest absolute Gasteiger partial charge is 0.400 e. The summed E-state index contributed by atoms with van der Waals surface area (Å²) in [6.45, 7) is 7.45. The fraction of sp³-hybridized carbons (Fsp3) is 0.957. The molecule has 2 unspecified atom stereocenters. The Kier molecular flexibility index (Phi) is 51.7. The minimum absolute atomic E-state index is 0.0565. The molecule has 0 saturated carbocycles. The molecule has 5 aliphatic heterocycles. The molecule has 5 heterocycles. The minimum atomic E-state index is -5.53. The zero-order valence-corrected chi connectivity index (χ0v) is 78.5. The van der Waals surface area contributed by atoms with Gasteiger partial charge in [0.05, 0.1) is 155 Å². The lowest BCUT2D eigenvalue weighted by Crippen LogP contribution is -2.70. The van der Waals surface area contributed by atoms with Crippen LogP contribution in [0.1, 0.15) is 33.6 Å². The van der Waals surface area contributed by atoms with Gasteiger partial charge in [-0.25, -0.2) is 30.5 Å². The summed E-state index contributed by atoms with van der Waals surface area (Å²) in [5.41, 5.74) is 0. The van der Waals surface area contributed by atoms with Crippen molar-refractivity contribution in [1.82, 2.24) is 0 Å². The lowest BCUT2D eigenvalue weighted by molar-refractivity contribution is -0.389. The van der Waals surface area contributed by atoms with E-state index >= 15 is 0 Å². The Labute approximate surface area is 739 Å². The molecular formula is C69H124O51S6. The third kappa shape index (κ3) is 36.2. The molecule has 5 fully saturated rings. The maximum Gasteiger partial charge on any atom is 0.400 e. The highest BCUT2D eigenvalue weighted by molar-refractivity contribution is 8.00. The summed E-state index contributed by atoms with van der Waals surface area (Å²) in [5, 5.41) is 0. The number of hydrogen-bond acceptors (Lipinski definition) is 52. The largest absolute Gasteiger partial charge is 0.467 e. The normalized spacial score (nSPS) is 30.9. The van der Waals surface area contributed by atoms with Gasteiger partial charge in [0.2, 0.25) is 0 Å². The molecule has 126 heavy (non-hydrogen) atoms. The van der Waals surface area contributed by atoms with Gasteiger partial charge in [0.1, 0.15) is 104 Å². The van der Waals surface area contributed by atoms with Gasteiger partial charge >= 0.3 is 63.9 Å². The topological polar surface area (TPSA) is 573 Å². The van der Waals surface area contributed by atoms with Gasteiger partial charge in [-0.3, -0.25) is 25.7 Å². The molecule has 742 valence electrons. The van der Waals surface area contributed by atoms with Gasteiger partial charge < -0.3 is 133 Å². The van der Waals surface area contributed by atoms with E-state index in [1.807, 2.05) is 11.8 Å². The van der Waals surface area contributed by atoms with Crippen molar-refractivity contribution in [3.05, 3.63) is 0 Å². The summed E-state index contributed by atoms with van der Waals surface area (Å²) >= 11 is 1.84. The fourth-order valence-corrected chi connectivity index (χ4v) is 16.3. The van der Waals surface area contributed by atoms with Crippen LogP contribution in [0.15, 0.2) is 0 Å². The summed E-state index contributed by atoms with van der Waals surface area (Å²) in [6.07, 6.45) is -46.5. The molecule has 5 saturated heterocycles. The van der Waals surface area contributed by atoms with E-state index in [0.717, 1.165) is 76.9 Å². The van der Waals surface area contributed by atoms with Crippen molar-refractivity contribution in [2.75, 3.05) is 238 Å². The zero-order valence-electron chi connectivity index (χ0n) is 73.6. The number of ether oxygens (including phenoxy) is 28. The van der Waals surface area contributed by atoms with Gasteiger partial charge in [-0.1, -0.05) is 20.8 Å². The van der Waals surface area contributed by atoms with Crippen LogP contribution in [-0.4, -0.2) is 457 Å². The van der Waals surface area contributed by atoms with Crippen LogP contribution in [-0.2, 0) is 241 Å². The van der Waals surface area contributed by atoms with Gasteiger partial charge in [0.25, 0.3) is 0 Å². The van der Waals surface area contributed by atoms with Crippen LogP contribution in [0.2, 0.25) is 0 Å². The van der Waals surface area contributed by atoms with Crippen molar-refractivity contribution in [2.45, 2.75) is 192 Å². The SMILES string of the molecule is COC[C@H]1O[C@H](OC)[C@H](OS(=O)(=O)OC)[C@@H](OC)[C@@H]1O[C@@H]1O[C@@H](C(=O)OC)[C@@H](O[C@H]2O[C@H](COS(=O)(=O)OC)C(O[C@@H]3O[C@H](C(=O)OC)[C@@H](O[C@H]4O[C@H](COS(=O)(=O)OC)C(OCCOCCOCCOCCCC(=O)COCCOCCOCCOCCSC(C)(C)C)[C@H](OC)[C@H]4OC)[C@H](OC)[C@H]3OC)[C@H](OS(=O)(=O)OC)[C@H]2OS(=O)(=O)OC)[C@H](OC)[C@H]1OC. The highest BCUT2D eigenvalue weighted by atomic mass is 32.3. The molecule has 0 aliphatic carbocycles. The Bertz CT molecular complexity index is 3680. The summed E-state index contributed by atoms with van der Waals surface area (Å²) in [7, 11) is -10.1. The van der Waals surface area contributed by atoms with E-state index in [4.69, 9.17) is 154 Å². The molecule has 0 spiro atoms. The Balaban J connectivity index is 1.36. The summed E-state index contributed by atoms with van der Waals surface area (Å²) in [5.74, 6) is -1.81. The zero-order chi connectivity index (χ0) is 93.6. The van der Waals surface area contributed by atoms with E-state index in [9.17, 15) is 56.5 Å². The second-order valence-corrected chi connectivity index (χ2v) is 36.5. The van der Waals surface area contributed by atoms with E-state index in [0.29, 0.717) is 74.0 Å². The monoisotopic (exact) mass is 1960 g/mol.